The fourth-order valence-corrected chi connectivity index (χ4v) is 4.06. The molecule has 1 fully saturated rings. The summed E-state index contributed by atoms with van der Waals surface area (Å²) < 4.78 is 5.53. The van der Waals surface area contributed by atoms with E-state index in [-0.39, 0.29) is 25.5 Å². The predicted molar refractivity (Wildman–Crippen MR) is 112 cm³/mol. The number of aromatic amines is 1. The van der Waals surface area contributed by atoms with Crippen molar-refractivity contribution in [2.24, 2.45) is 0 Å². The van der Waals surface area contributed by atoms with Gasteiger partial charge in [-0.05, 0) is 24.5 Å². The number of carbonyl (C=O) groups is 3. The topological polar surface area (TPSA) is 91.5 Å². The number of hydrogen-bond acceptors (Lipinski definition) is 6. The van der Waals surface area contributed by atoms with Crippen LogP contribution in [0.1, 0.15) is 18.4 Å². The van der Waals surface area contributed by atoms with Gasteiger partial charge < -0.3 is 15.0 Å². The number of aromatic nitrogens is 1. The van der Waals surface area contributed by atoms with Crippen molar-refractivity contribution < 1.29 is 19.1 Å². The number of ether oxygens (including phenoxy) is 1. The molecule has 2 N–H and O–H groups in total. The first-order valence-corrected chi connectivity index (χ1v) is 10.4. The lowest BCUT2D eigenvalue weighted by atomic mass is 10.1. The summed E-state index contributed by atoms with van der Waals surface area (Å²) >= 11 is 6.38. The maximum absolute atomic E-state index is 11.8. The van der Waals surface area contributed by atoms with Crippen LogP contribution in [0.3, 0.4) is 0 Å². The van der Waals surface area contributed by atoms with Gasteiger partial charge in [-0.15, -0.1) is 0 Å². The molecule has 0 spiro atoms. The fourth-order valence-electron chi connectivity index (χ4n) is 2.94. The summed E-state index contributed by atoms with van der Waals surface area (Å²) in [5.74, 6) is -0.494. The van der Waals surface area contributed by atoms with Crippen molar-refractivity contribution in [3.8, 4) is 0 Å². The summed E-state index contributed by atoms with van der Waals surface area (Å²) in [6.45, 7) is 0.275. The second kappa shape index (κ2) is 9.70. The Balaban J connectivity index is 1.30. The van der Waals surface area contributed by atoms with Crippen LogP contribution in [0.15, 0.2) is 30.5 Å². The molecule has 0 aliphatic carbocycles. The Morgan fingerprint density at radius 2 is 2.14 bits per heavy atom. The highest BCUT2D eigenvalue weighted by Gasteiger charge is 2.25. The van der Waals surface area contributed by atoms with Gasteiger partial charge >= 0.3 is 5.97 Å². The van der Waals surface area contributed by atoms with Gasteiger partial charge in [0.1, 0.15) is 4.32 Å². The molecule has 28 heavy (non-hydrogen) atoms. The van der Waals surface area contributed by atoms with E-state index in [1.165, 1.54) is 16.7 Å². The van der Waals surface area contributed by atoms with Crippen LogP contribution in [-0.4, -0.2) is 57.4 Å². The first-order valence-electron chi connectivity index (χ1n) is 8.99. The van der Waals surface area contributed by atoms with Crippen LogP contribution >= 0.6 is 24.0 Å². The maximum Gasteiger partial charge on any atom is 0.306 e. The Morgan fingerprint density at radius 3 is 2.93 bits per heavy atom. The third kappa shape index (κ3) is 5.32. The van der Waals surface area contributed by atoms with E-state index in [1.54, 1.807) is 0 Å². The number of hydrogen-bond donors (Lipinski definition) is 2. The number of H-pyrrole nitrogens is 1. The molecular weight excluding hydrogens is 398 g/mol. The van der Waals surface area contributed by atoms with Gasteiger partial charge in [0, 0.05) is 36.6 Å². The Bertz CT molecular complexity index is 880. The standard InChI is InChI=1S/C19H21N3O4S2/c23-16(20-8-9-22-17(24)12-28-19(22)27)11-26-18(25)7-3-4-13-10-21-15-6-2-1-5-14(13)15/h1-2,5-6,10,21H,3-4,7-9,11-12H2,(H,20,23). The van der Waals surface area contributed by atoms with Crippen molar-refractivity contribution in [2.45, 2.75) is 19.3 Å². The minimum absolute atomic E-state index is 0.0501. The van der Waals surface area contributed by atoms with E-state index in [2.05, 4.69) is 10.3 Å². The van der Waals surface area contributed by atoms with Crippen LogP contribution in [0.2, 0.25) is 0 Å². The summed E-state index contributed by atoms with van der Waals surface area (Å²) in [7, 11) is 0. The van der Waals surface area contributed by atoms with Crippen LogP contribution in [0, 0.1) is 0 Å². The molecule has 1 aromatic carbocycles. The summed E-state index contributed by atoms with van der Waals surface area (Å²) in [6.07, 6.45) is 3.61. The SMILES string of the molecule is O=C(COC(=O)CCCc1c[nH]c2ccccc12)NCCN1C(=O)CSC1=S. The molecule has 9 heteroatoms. The molecule has 148 valence electrons. The first-order chi connectivity index (χ1) is 13.5. The van der Waals surface area contributed by atoms with E-state index in [1.807, 2.05) is 30.5 Å². The molecule has 0 radical (unpaired) electrons. The second-order valence-corrected chi connectivity index (χ2v) is 7.93. The molecule has 2 heterocycles. The number of nitrogens with zero attached hydrogens (tertiary/aromatic N) is 1. The van der Waals surface area contributed by atoms with Gasteiger partial charge in [-0.3, -0.25) is 19.3 Å². The molecule has 1 aliphatic heterocycles. The number of para-hydroxylation sites is 1. The van der Waals surface area contributed by atoms with Crippen LogP contribution in [0.25, 0.3) is 10.9 Å². The second-order valence-electron chi connectivity index (χ2n) is 6.32. The Morgan fingerprint density at radius 1 is 1.32 bits per heavy atom. The molecular formula is C19H21N3O4S2. The summed E-state index contributed by atoms with van der Waals surface area (Å²) in [5.41, 5.74) is 2.24. The van der Waals surface area contributed by atoms with Gasteiger partial charge in [-0.25, -0.2) is 0 Å². The predicted octanol–water partition coefficient (Wildman–Crippen LogP) is 2.01. The summed E-state index contributed by atoms with van der Waals surface area (Å²) in [5, 5.41) is 3.78. The number of rotatable bonds is 9. The summed E-state index contributed by atoms with van der Waals surface area (Å²) in [6, 6.07) is 8.02. The molecule has 1 saturated heterocycles. The smallest absolute Gasteiger partial charge is 0.306 e. The lowest BCUT2D eigenvalue weighted by Gasteiger charge is -2.15. The average molecular weight is 420 g/mol. The van der Waals surface area contributed by atoms with E-state index >= 15 is 0 Å². The van der Waals surface area contributed by atoms with E-state index in [0.29, 0.717) is 23.0 Å². The lowest BCUT2D eigenvalue weighted by molar-refractivity contribution is -0.148. The molecule has 0 unspecified atom stereocenters. The molecule has 0 saturated carbocycles. The highest BCUT2D eigenvalue weighted by Crippen LogP contribution is 2.20. The Hall–Kier alpha value is -2.39. The largest absolute Gasteiger partial charge is 0.456 e. The van der Waals surface area contributed by atoms with Crippen LogP contribution in [-0.2, 0) is 25.5 Å². The first kappa shape index (κ1) is 20.3. The van der Waals surface area contributed by atoms with Crippen LogP contribution in [0.4, 0.5) is 0 Å². The monoisotopic (exact) mass is 419 g/mol. The molecule has 2 aromatic rings. The quantitative estimate of drug-likeness (QED) is 0.477. The minimum atomic E-state index is -0.401. The number of aryl methyl sites for hydroxylation is 1. The Kier molecular flexibility index (Phi) is 7.05. The number of fused-ring (bicyclic) bond motifs is 1. The average Bonchev–Trinajstić information content (AvgIpc) is 3.24. The van der Waals surface area contributed by atoms with E-state index < -0.39 is 11.9 Å². The van der Waals surface area contributed by atoms with Gasteiger partial charge in [0.25, 0.3) is 5.91 Å². The van der Waals surface area contributed by atoms with Gasteiger partial charge in [-0.1, -0.05) is 42.2 Å². The van der Waals surface area contributed by atoms with E-state index in [4.69, 9.17) is 17.0 Å². The molecule has 0 bridgehead atoms. The third-order valence-corrected chi connectivity index (χ3v) is 5.80. The number of nitrogens with one attached hydrogen (secondary N) is 2. The number of carbonyl (C=O) groups excluding carboxylic acids is 3. The van der Waals surface area contributed by atoms with Crippen molar-refractivity contribution >= 4 is 57.0 Å². The normalized spacial score (nSPS) is 13.9. The maximum atomic E-state index is 11.8. The number of thiocarbonyl (C=S) groups is 1. The van der Waals surface area contributed by atoms with E-state index in [9.17, 15) is 14.4 Å². The number of amides is 2. The molecule has 2 amide bonds. The zero-order valence-corrected chi connectivity index (χ0v) is 16.9. The fraction of sp³-hybridized carbons (Fsp3) is 0.368. The van der Waals surface area contributed by atoms with Crippen molar-refractivity contribution in [2.75, 3.05) is 25.4 Å². The molecule has 3 rings (SSSR count). The van der Waals surface area contributed by atoms with Gasteiger partial charge in [0.15, 0.2) is 6.61 Å². The Labute approximate surface area is 172 Å². The number of thioether (sulfide) groups is 1. The minimum Gasteiger partial charge on any atom is -0.456 e. The third-order valence-electron chi connectivity index (χ3n) is 4.36. The highest BCUT2D eigenvalue weighted by atomic mass is 32.2. The van der Waals surface area contributed by atoms with Crippen LogP contribution in [0.5, 0.6) is 0 Å². The van der Waals surface area contributed by atoms with Crippen molar-refractivity contribution in [3.63, 3.8) is 0 Å². The molecule has 1 aromatic heterocycles. The molecule has 1 aliphatic rings. The summed E-state index contributed by atoms with van der Waals surface area (Å²) in [4.78, 5) is 39.8. The van der Waals surface area contributed by atoms with Crippen molar-refractivity contribution in [1.29, 1.82) is 0 Å². The number of esters is 1. The van der Waals surface area contributed by atoms with Gasteiger partial charge in [0.05, 0.1) is 5.75 Å². The lowest BCUT2D eigenvalue weighted by Crippen LogP contribution is -2.38. The van der Waals surface area contributed by atoms with Crippen molar-refractivity contribution in [3.05, 3.63) is 36.0 Å². The van der Waals surface area contributed by atoms with Gasteiger partial charge in [-0.2, -0.15) is 0 Å². The number of benzene rings is 1. The zero-order chi connectivity index (χ0) is 19.9. The molecule has 7 nitrogen and oxygen atoms in total. The molecule has 0 atom stereocenters. The zero-order valence-electron chi connectivity index (χ0n) is 15.2. The van der Waals surface area contributed by atoms with Crippen LogP contribution < -0.4 is 5.32 Å². The highest BCUT2D eigenvalue weighted by molar-refractivity contribution is 8.23. The van der Waals surface area contributed by atoms with Crippen molar-refractivity contribution in [1.82, 2.24) is 15.2 Å². The van der Waals surface area contributed by atoms with E-state index in [0.717, 1.165) is 22.9 Å². The van der Waals surface area contributed by atoms with Gasteiger partial charge in [0.2, 0.25) is 5.91 Å².